The summed E-state index contributed by atoms with van der Waals surface area (Å²) in [6, 6.07) is 5.09. The molecule has 0 aliphatic heterocycles. The molecular formula is C15H12ClN5O3. The summed E-state index contributed by atoms with van der Waals surface area (Å²) in [5, 5.41) is 8.75. The van der Waals surface area contributed by atoms with E-state index in [0.717, 1.165) is 21.7 Å². The highest BCUT2D eigenvalue weighted by atomic mass is 35.5. The van der Waals surface area contributed by atoms with E-state index in [9.17, 15) is 9.59 Å². The van der Waals surface area contributed by atoms with Crippen molar-refractivity contribution in [2.24, 2.45) is 7.05 Å². The normalized spacial score (nSPS) is 10.8. The number of nitrogens with zero attached hydrogens (tertiary/aromatic N) is 4. The summed E-state index contributed by atoms with van der Waals surface area (Å²) < 4.78 is 7.59. The van der Waals surface area contributed by atoms with Crippen LogP contribution >= 0.6 is 11.6 Å². The van der Waals surface area contributed by atoms with Gasteiger partial charge in [-0.3, -0.25) is 9.48 Å². The van der Waals surface area contributed by atoms with Gasteiger partial charge in [-0.15, -0.1) is 5.10 Å². The fourth-order valence-electron chi connectivity index (χ4n) is 2.15. The molecule has 2 N–H and O–H groups in total. The van der Waals surface area contributed by atoms with Crippen LogP contribution in [0.3, 0.4) is 0 Å². The number of anilines is 1. The molecule has 0 aliphatic carbocycles. The maximum Gasteiger partial charge on any atom is 0.337 e. The maximum atomic E-state index is 12.3. The van der Waals surface area contributed by atoms with Gasteiger partial charge in [0.05, 0.1) is 11.2 Å². The van der Waals surface area contributed by atoms with Gasteiger partial charge in [-0.25, -0.2) is 4.79 Å². The number of ether oxygens (including phenoxy) is 1. The van der Waals surface area contributed by atoms with Gasteiger partial charge in [-0.1, -0.05) is 18.2 Å². The Hall–Kier alpha value is -3.13. The molecule has 9 heteroatoms. The molecule has 0 atom stereocenters. The molecule has 0 bridgehead atoms. The summed E-state index contributed by atoms with van der Waals surface area (Å²) in [6.45, 7) is 3.29. The second kappa shape index (κ2) is 5.82. The highest BCUT2D eigenvalue weighted by molar-refractivity contribution is 6.33. The van der Waals surface area contributed by atoms with Gasteiger partial charge >= 0.3 is 5.97 Å². The van der Waals surface area contributed by atoms with Crippen LogP contribution in [0.25, 0.3) is 16.6 Å². The van der Waals surface area contributed by atoms with Crippen molar-refractivity contribution in [3.05, 3.63) is 52.4 Å². The monoisotopic (exact) mass is 345 g/mol. The van der Waals surface area contributed by atoms with Crippen LogP contribution in [0.4, 0.5) is 5.69 Å². The number of rotatable bonds is 3. The van der Waals surface area contributed by atoms with E-state index in [4.69, 9.17) is 22.1 Å². The number of carbonyl (C=O) groups is 1. The minimum Gasteiger partial charge on any atom is -0.400 e. The van der Waals surface area contributed by atoms with Gasteiger partial charge in [-0.2, -0.15) is 9.78 Å². The molecule has 0 radical (unpaired) electrons. The Kier molecular flexibility index (Phi) is 3.82. The van der Waals surface area contributed by atoms with Gasteiger partial charge in [0, 0.05) is 24.7 Å². The summed E-state index contributed by atoms with van der Waals surface area (Å²) >= 11 is 5.95. The van der Waals surface area contributed by atoms with Crippen LogP contribution in [-0.2, 0) is 11.8 Å². The summed E-state index contributed by atoms with van der Waals surface area (Å²) in [4.78, 5) is 23.7. The van der Waals surface area contributed by atoms with Crippen molar-refractivity contribution in [2.75, 3.05) is 5.73 Å². The molecule has 0 amide bonds. The Labute approximate surface area is 140 Å². The number of esters is 1. The predicted octanol–water partition coefficient (Wildman–Crippen LogP) is 1.45. The molecule has 8 nitrogen and oxygen atoms in total. The fraction of sp³-hybridized carbons (Fsp3) is 0.0667. The van der Waals surface area contributed by atoms with Crippen molar-refractivity contribution in [1.82, 2.24) is 19.6 Å². The maximum absolute atomic E-state index is 12.3. The number of halogens is 1. The summed E-state index contributed by atoms with van der Waals surface area (Å²) in [5.74, 6) is -1.03. The highest BCUT2D eigenvalue weighted by Crippen LogP contribution is 2.25. The average Bonchev–Trinajstić information content (AvgIpc) is 2.94. The first-order valence-electron chi connectivity index (χ1n) is 6.77. The smallest absolute Gasteiger partial charge is 0.337 e. The van der Waals surface area contributed by atoms with Crippen LogP contribution in [0.1, 0.15) is 0 Å². The number of hydrogen-bond donors (Lipinski definition) is 1. The number of hydrogen-bond acceptors (Lipinski definition) is 6. The van der Waals surface area contributed by atoms with E-state index in [0.29, 0.717) is 5.69 Å². The van der Waals surface area contributed by atoms with Crippen LogP contribution in [0.2, 0.25) is 5.02 Å². The third-order valence-corrected chi connectivity index (χ3v) is 3.61. The van der Waals surface area contributed by atoms with E-state index in [1.165, 1.54) is 0 Å². The molecule has 2 aromatic heterocycles. The Morgan fingerprint density at radius 3 is 2.88 bits per heavy atom. The molecule has 2 heterocycles. The third-order valence-electron chi connectivity index (χ3n) is 3.25. The standard InChI is InChI=1S/C15H12ClN5O3/c1-3-11(22)24-14-13(17)12(16)15(23)21(19-14)9-4-5-10-8(6-9)7-20(2)18-10/h3-7H,1,17H2,2H3. The lowest BCUT2D eigenvalue weighted by Crippen LogP contribution is -2.24. The van der Waals surface area contributed by atoms with Crippen LogP contribution in [0.15, 0.2) is 41.8 Å². The first-order chi connectivity index (χ1) is 11.4. The van der Waals surface area contributed by atoms with Crippen LogP contribution in [-0.4, -0.2) is 25.5 Å². The summed E-state index contributed by atoms with van der Waals surface area (Å²) in [7, 11) is 1.79. The van der Waals surface area contributed by atoms with Crippen LogP contribution < -0.4 is 16.0 Å². The van der Waals surface area contributed by atoms with Gasteiger partial charge in [0.15, 0.2) is 0 Å². The first kappa shape index (κ1) is 15.8. The van der Waals surface area contributed by atoms with Crippen LogP contribution in [0, 0.1) is 0 Å². The molecule has 3 rings (SSSR count). The molecule has 0 fully saturated rings. The Morgan fingerprint density at radius 1 is 1.42 bits per heavy atom. The van der Waals surface area contributed by atoms with E-state index in [-0.39, 0.29) is 16.6 Å². The lowest BCUT2D eigenvalue weighted by Gasteiger charge is -2.10. The van der Waals surface area contributed by atoms with Crippen LogP contribution in [0.5, 0.6) is 5.88 Å². The average molecular weight is 346 g/mol. The molecule has 0 spiro atoms. The van der Waals surface area contributed by atoms with Gasteiger partial charge in [0.1, 0.15) is 10.7 Å². The lowest BCUT2D eigenvalue weighted by atomic mass is 10.2. The Morgan fingerprint density at radius 2 is 2.17 bits per heavy atom. The number of aryl methyl sites for hydroxylation is 1. The minimum atomic E-state index is -0.766. The molecule has 0 aliphatic rings. The molecular weight excluding hydrogens is 334 g/mol. The number of benzene rings is 1. The van der Waals surface area contributed by atoms with Gasteiger partial charge in [0.2, 0.25) is 0 Å². The Balaban J connectivity index is 2.19. The van der Waals surface area contributed by atoms with Crippen molar-refractivity contribution in [3.8, 4) is 11.6 Å². The largest absolute Gasteiger partial charge is 0.400 e. The van der Waals surface area contributed by atoms with E-state index in [2.05, 4.69) is 16.8 Å². The number of fused-ring (bicyclic) bond motifs is 1. The van der Waals surface area contributed by atoms with Gasteiger partial charge < -0.3 is 10.5 Å². The first-order valence-corrected chi connectivity index (χ1v) is 7.15. The molecule has 0 saturated carbocycles. The van der Waals surface area contributed by atoms with Gasteiger partial charge in [-0.05, 0) is 18.2 Å². The second-order valence-electron chi connectivity index (χ2n) is 4.92. The zero-order valence-corrected chi connectivity index (χ0v) is 13.3. The van der Waals surface area contributed by atoms with Gasteiger partial charge in [0.25, 0.3) is 11.4 Å². The molecule has 122 valence electrons. The van der Waals surface area contributed by atoms with E-state index >= 15 is 0 Å². The third kappa shape index (κ3) is 2.63. The molecule has 0 unspecified atom stereocenters. The second-order valence-corrected chi connectivity index (χ2v) is 5.30. The number of nitrogens with two attached hydrogens (primary N) is 1. The van der Waals surface area contributed by atoms with E-state index < -0.39 is 11.5 Å². The number of aromatic nitrogens is 4. The van der Waals surface area contributed by atoms with Crippen molar-refractivity contribution in [2.45, 2.75) is 0 Å². The SMILES string of the molecule is C=CC(=O)Oc1nn(-c2ccc3nn(C)cc3c2)c(=O)c(Cl)c1N. The zero-order chi connectivity index (χ0) is 17.4. The Bertz CT molecular complexity index is 1040. The summed E-state index contributed by atoms with van der Waals surface area (Å²) in [6.07, 6.45) is 2.74. The molecule has 3 aromatic rings. The van der Waals surface area contributed by atoms with Crippen molar-refractivity contribution in [1.29, 1.82) is 0 Å². The fourth-order valence-corrected chi connectivity index (χ4v) is 2.31. The molecule has 24 heavy (non-hydrogen) atoms. The molecule has 0 saturated heterocycles. The highest BCUT2D eigenvalue weighted by Gasteiger charge is 2.17. The topological polar surface area (TPSA) is 105 Å². The lowest BCUT2D eigenvalue weighted by molar-refractivity contribution is -0.129. The number of nitrogen functional groups attached to an aromatic ring is 1. The zero-order valence-electron chi connectivity index (χ0n) is 12.6. The number of carbonyl (C=O) groups excluding carboxylic acids is 1. The predicted molar refractivity (Wildman–Crippen MR) is 89.4 cm³/mol. The minimum absolute atomic E-state index is 0.212. The van der Waals surface area contributed by atoms with E-state index in [1.54, 1.807) is 36.1 Å². The summed E-state index contributed by atoms with van der Waals surface area (Å²) in [5.41, 5.74) is 6.04. The van der Waals surface area contributed by atoms with Crippen molar-refractivity contribution in [3.63, 3.8) is 0 Å². The van der Waals surface area contributed by atoms with E-state index in [1.807, 2.05) is 0 Å². The van der Waals surface area contributed by atoms with Crippen molar-refractivity contribution < 1.29 is 9.53 Å². The molecule has 1 aromatic carbocycles. The quantitative estimate of drug-likeness (QED) is 0.569. The van der Waals surface area contributed by atoms with Crippen molar-refractivity contribution >= 4 is 34.2 Å².